The van der Waals surface area contributed by atoms with Gasteiger partial charge in [-0.1, -0.05) is 0 Å². The molecule has 10 nitrogen and oxygen atoms in total. The summed E-state index contributed by atoms with van der Waals surface area (Å²) in [6.45, 7) is 7.52. The summed E-state index contributed by atoms with van der Waals surface area (Å²) in [5, 5.41) is 17.3. The third-order valence-corrected chi connectivity index (χ3v) is 8.12. The number of aryl methyl sites for hydroxylation is 2. The van der Waals surface area contributed by atoms with Gasteiger partial charge in [-0.15, -0.1) is 11.3 Å². The van der Waals surface area contributed by atoms with E-state index in [1.165, 1.54) is 0 Å². The lowest BCUT2D eigenvalue weighted by atomic mass is 9.92. The monoisotopic (exact) mass is 551 g/mol. The standard InChI is InChI=1S/C28H33N5O5S/c1-15-16(2)39-23-11-20(25(29)34)27(32-24(15)23)38-18-7-5-17(6-8-18)31-26(35)21-12-30-33-13-19(9-10-22(21)33)37-14-28(3,4)36/h9-13,17-18,36H,5-8,14H2,1-4H3,(H2,29,34)(H,31,35)/t17-,18-. The number of primary amides is 1. The molecule has 1 aliphatic carbocycles. The van der Waals surface area contributed by atoms with E-state index in [0.717, 1.165) is 33.5 Å². The molecule has 0 unspecified atom stereocenters. The maximum absolute atomic E-state index is 13.1. The van der Waals surface area contributed by atoms with Crippen LogP contribution in [-0.4, -0.2) is 55.9 Å². The zero-order valence-electron chi connectivity index (χ0n) is 22.5. The average molecular weight is 552 g/mol. The maximum atomic E-state index is 13.1. The van der Waals surface area contributed by atoms with Crippen LogP contribution in [0.15, 0.2) is 30.6 Å². The normalized spacial score (nSPS) is 17.9. The Hall–Kier alpha value is -3.70. The van der Waals surface area contributed by atoms with Crippen LogP contribution in [0.3, 0.4) is 0 Å². The highest BCUT2D eigenvalue weighted by atomic mass is 32.1. The molecule has 4 N–H and O–H groups in total. The van der Waals surface area contributed by atoms with Gasteiger partial charge in [-0.05, 0) is 77.1 Å². The highest BCUT2D eigenvalue weighted by Gasteiger charge is 2.27. The molecule has 206 valence electrons. The van der Waals surface area contributed by atoms with Crippen molar-refractivity contribution in [3.8, 4) is 11.6 Å². The number of thiophene rings is 1. The lowest BCUT2D eigenvalue weighted by Crippen LogP contribution is -2.39. The van der Waals surface area contributed by atoms with E-state index in [-0.39, 0.29) is 30.5 Å². The number of carbonyl (C=O) groups is 2. The van der Waals surface area contributed by atoms with Gasteiger partial charge in [0.1, 0.15) is 24.0 Å². The van der Waals surface area contributed by atoms with Gasteiger partial charge in [0, 0.05) is 10.9 Å². The van der Waals surface area contributed by atoms with Crippen LogP contribution >= 0.6 is 11.3 Å². The summed E-state index contributed by atoms with van der Waals surface area (Å²) in [4.78, 5) is 31.0. The van der Waals surface area contributed by atoms with Gasteiger partial charge in [0.15, 0.2) is 0 Å². The first-order valence-corrected chi connectivity index (χ1v) is 13.8. The molecule has 4 aromatic rings. The fourth-order valence-electron chi connectivity index (χ4n) is 4.73. The van der Waals surface area contributed by atoms with Crippen molar-refractivity contribution in [2.24, 2.45) is 5.73 Å². The van der Waals surface area contributed by atoms with Crippen LogP contribution in [0.4, 0.5) is 0 Å². The quantitative estimate of drug-likeness (QED) is 0.301. The molecule has 11 heteroatoms. The first-order valence-electron chi connectivity index (χ1n) is 13.0. The minimum atomic E-state index is -0.954. The second kappa shape index (κ2) is 10.5. The second-order valence-corrected chi connectivity index (χ2v) is 12.0. The van der Waals surface area contributed by atoms with Crippen LogP contribution < -0.4 is 20.5 Å². The lowest BCUT2D eigenvalue weighted by Gasteiger charge is -2.29. The average Bonchev–Trinajstić information content (AvgIpc) is 3.43. The summed E-state index contributed by atoms with van der Waals surface area (Å²) in [7, 11) is 0. The Bertz CT molecular complexity index is 1550. The van der Waals surface area contributed by atoms with Crippen LogP contribution in [0.25, 0.3) is 15.7 Å². The summed E-state index contributed by atoms with van der Waals surface area (Å²) in [6.07, 6.45) is 5.99. The Balaban J connectivity index is 1.21. The van der Waals surface area contributed by atoms with Crippen molar-refractivity contribution in [2.45, 2.75) is 71.1 Å². The Morgan fingerprint density at radius 3 is 2.64 bits per heavy atom. The van der Waals surface area contributed by atoms with E-state index in [9.17, 15) is 14.7 Å². The van der Waals surface area contributed by atoms with E-state index < -0.39 is 11.5 Å². The van der Waals surface area contributed by atoms with Crippen LogP contribution in [0.2, 0.25) is 0 Å². The predicted octanol–water partition coefficient (Wildman–Crippen LogP) is 3.93. The van der Waals surface area contributed by atoms with Crippen molar-refractivity contribution in [1.29, 1.82) is 0 Å². The number of nitrogens with one attached hydrogen (secondary N) is 1. The molecule has 0 spiro atoms. The highest BCUT2D eigenvalue weighted by Crippen LogP contribution is 2.34. The number of pyridine rings is 2. The number of carbonyl (C=O) groups excluding carboxylic acids is 2. The first kappa shape index (κ1) is 26.9. The van der Waals surface area contributed by atoms with Crippen molar-refractivity contribution in [3.05, 3.63) is 52.2 Å². The smallest absolute Gasteiger partial charge is 0.255 e. The Morgan fingerprint density at radius 1 is 1.21 bits per heavy atom. The molecule has 39 heavy (non-hydrogen) atoms. The number of aromatic nitrogens is 3. The van der Waals surface area contributed by atoms with Crippen molar-refractivity contribution in [1.82, 2.24) is 19.9 Å². The molecule has 4 heterocycles. The van der Waals surface area contributed by atoms with Gasteiger partial charge in [0.25, 0.3) is 11.8 Å². The van der Waals surface area contributed by atoms with Crippen molar-refractivity contribution in [3.63, 3.8) is 0 Å². The molecule has 0 atom stereocenters. The summed E-state index contributed by atoms with van der Waals surface area (Å²) >= 11 is 1.59. The van der Waals surface area contributed by atoms with Crippen molar-refractivity contribution < 1.29 is 24.2 Å². The third kappa shape index (κ3) is 5.84. The SMILES string of the molecule is Cc1sc2cc(C(N)=O)c(O[C@H]3CC[C@H](NC(=O)c4cnn5cc(OCC(C)(C)O)ccc45)CC3)nc2c1C. The van der Waals surface area contributed by atoms with E-state index in [0.29, 0.717) is 35.2 Å². The number of hydrogen-bond donors (Lipinski definition) is 3. The molecular weight excluding hydrogens is 518 g/mol. The number of nitrogens with zero attached hydrogens (tertiary/aromatic N) is 3. The molecule has 0 radical (unpaired) electrons. The highest BCUT2D eigenvalue weighted by molar-refractivity contribution is 7.19. The van der Waals surface area contributed by atoms with Crippen LogP contribution in [-0.2, 0) is 0 Å². The summed E-state index contributed by atoms with van der Waals surface area (Å²) < 4.78 is 14.3. The lowest BCUT2D eigenvalue weighted by molar-refractivity contribution is 0.0283. The van der Waals surface area contributed by atoms with Crippen LogP contribution in [0, 0.1) is 13.8 Å². The van der Waals surface area contributed by atoms with E-state index >= 15 is 0 Å². The van der Waals surface area contributed by atoms with Gasteiger partial charge >= 0.3 is 0 Å². The molecule has 5 rings (SSSR count). The third-order valence-electron chi connectivity index (χ3n) is 6.98. The summed E-state index contributed by atoms with van der Waals surface area (Å²) in [6, 6.07) is 5.31. The minimum Gasteiger partial charge on any atom is -0.489 e. The fraction of sp³-hybridized carbons (Fsp3) is 0.429. The number of fused-ring (bicyclic) bond motifs is 2. The van der Waals surface area contributed by atoms with Gasteiger partial charge in [0.05, 0.1) is 39.3 Å². The van der Waals surface area contributed by atoms with E-state index in [2.05, 4.69) is 15.4 Å². The first-order chi connectivity index (χ1) is 18.5. The Labute approximate surface area is 230 Å². The van der Waals surface area contributed by atoms with Gasteiger partial charge in [-0.25, -0.2) is 9.50 Å². The molecule has 0 saturated heterocycles. The number of rotatable bonds is 8. The van der Waals surface area contributed by atoms with E-state index in [1.807, 2.05) is 13.8 Å². The molecule has 0 aromatic carbocycles. The van der Waals surface area contributed by atoms with Crippen LogP contribution in [0.1, 0.15) is 70.7 Å². The van der Waals surface area contributed by atoms with Crippen molar-refractivity contribution >= 4 is 38.9 Å². The number of hydrogen-bond acceptors (Lipinski definition) is 8. The molecule has 0 bridgehead atoms. The van der Waals surface area contributed by atoms with Gasteiger partial charge in [-0.2, -0.15) is 5.10 Å². The summed E-state index contributed by atoms with van der Waals surface area (Å²) in [5.41, 5.74) is 8.03. The second-order valence-electron chi connectivity index (χ2n) is 10.8. The number of aliphatic hydroxyl groups is 1. The number of amides is 2. The largest absolute Gasteiger partial charge is 0.489 e. The number of ether oxygens (including phenoxy) is 2. The maximum Gasteiger partial charge on any atom is 0.255 e. The summed E-state index contributed by atoms with van der Waals surface area (Å²) in [5.74, 6) is 0.0791. The molecule has 1 fully saturated rings. The van der Waals surface area contributed by atoms with E-state index in [4.69, 9.17) is 15.2 Å². The van der Waals surface area contributed by atoms with Gasteiger partial charge in [0.2, 0.25) is 5.88 Å². The van der Waals surface area contributed by atoms with Crippen molar-refractivity contribution in [2.75, 3.05) is 6.61 Å². The predicted molar refractivity (Wildman–Crippen MR) is 149 cm³/mol. The van der Waals surface area contributed by atoms with Gasteiger partial charge < -0.3 is 25.6 Å². The van der Waals surface area contributed by atoms with Crippen LogP contribution in [0.5, 0.6) is 11.6 Å². The fourth-order valence-corrected chi connectivity index (χ4v) is 5.78. The molecular formula is C28H33N5O5S. The van der Waals surface area contributed by atoms with Gasteiger partial charge in [-0.3, -0.25) is 9.59 Å². The molecule has 2 amide bonds. The Kier molecular flexibility index (Phi) is 7.21. The minimum absolute atomic E-state index is 0.00508. The molecule has 1 saturated carbocycles. The molecule has 1 aliphatic rings. The zero-order chi connectivity index (χ0) is 27.9. The Morgan fingerprint density at radius 2 is 1.95 bits per heavy atom. The molecule has 0 aliphatic heterocycles. The molecule has 4 aromatic heterocycles. The number of nitrogens with two attached hydrogens (primary N) is 1. The topological polar surface area (TPSA) is 141 Å². The zero-order valence-corrected chi connectivity index (χ0v) is 23.3. The van der Waals surface area contributed by atoms with E-state index in [1.54, 1.807) is 60.3 Å².